The Kier molecular flexibility index (Phi) is 7.99. The van der Waals surface area contributed by atoms with Crippen LogP contribution in [0.15, 0.2) is 60.7 Å². The first-order chi connectivity index (χ1) is 15.7. The van der Waals surface area contributed by atoms with Gasteiger partial charge in [-0.1, -0.05) is 48.2 Å². The van der Waals surface area contributed by atoms with Crippen LogP contribution in [0.4, 0.5) is 0 Å². The summed E-state index contributed by atoms with van der Waals surface area (Å²) >= 11 is 0. The molecule has 0 atom stereocenters. The Morgan fingerprint density at radius 3 is 2.34 bits per heavy atom. The molecule has 0 spiro atoms. The van der Waals surface area contributed by atoms with E-state index < -0.39 is 0 Å². The standard InChI is InChI=1S/C26H25NO5/c1-29-23-17-19(18-24(30-2)26(23)31-3)13-14-25(28)27-15-6-7-16-32-22-12-8-10-20-9-4-5-11-21(20)22/h4-5,8-14,17-18H,15-16H2,1-3H3,(H,27,28)/b14-13+. The molecule has 0 saturated heterocycles. The highest BCUT2D eigenvalue weighted by Gasteiger charge is 2.12. The van der Waals surface area contributed by atoms with Crippen molar-refractivity contribution in [3.63, 3.8) is 0 Å². The molecule has 3 aromatic rings. The second kappa shape index (κ2) is 11.3. The molecule has 164 valence electrons. The van der Waals surface area contributed by atoms with Gasteiger partial charge in [0, 0.05) is 11.5 Å². The van der Waals surface area contributed by atoms with Gasteiger partial charge < -0.3 is 24.3 Å². The highest BCUT2D eigenvalue weighted by atomic mass is 16.5. The van der Waals surface area contributed by atoms with Crippen molar-refractivity contribution in [2.24, 2.45) is 0 Å². The van der Waals surface area contributed by atoms with Crippen LogP contribution in [0.25, 0.3) is 16.8 Å². The Morgan fingerprint density at radius 1 is 0.906 bits per heavy atom. The lowest BCUT2D eigenvalue weighted by atomic mass is 10.1. The minimum absolute atomic E-state index is 0.220. The fraction of sp³-hybridized carbons (Fsp3) is 0.192. The van der Waals surface area contributed by atoms with E-state index in [2.05, 4.69) is 17.2 Å². The molecular formula is C26H25NO5. The summed E-state index contributed by atoms with van der Waals surface area (Å²) in [5.74, 6) is 7.86. The molecule has 0 aliphatic rings. The zero-order valence-electron chi connectivity index (χ0n) is 18.3. The van der Waals surface area contributed by atoms with Crippen LogP contribution in [-0.2, 0) is 4.79 Å². The average molecular weight is 431 g/mol. The Balaban J connectivity index is 1.51. The van der Waals surface area contributed by atoms with Gasteiger partial charge in [0.2, 0.25) is 11.7 Å². The molecule has 6 nitrogen and oxygen atoms in total. The third-order valence-electron chi connectivity index (χ3n) is 4.64. The van der Waals surface area contributed by atoms with Crippen molar-refractivity contribution in [1.82, 2.24) is 5.32 Å². The van der Waals surface area contributed by atoms with Crippen molar-refractivity contribution in [3.05, 3.63) is 66.2 Å². The maximum atomic E-state index is 12.1. The minimum atomic E-state index is -0.261. The highest BCUT2D eigenvalue weighted by molar-refractivity contribution is 5.92. The minimum Gasteiger partial charge on any atom is -0.493 e. The monoisotopic (exact) mass is 431 g/mol. The molecule has 0 aliphatic carbocycles. The number of ether oxygens (including phenoxy) is 4. The maximum absolute atomic E-state index is 12.1. The second-order valence-electron chi connectivity index (χ2n) is 6.63. The summed E-state index contributed by atoms with van der Waals surface area (Å²) in [6.45, 7) is 0.461. The van der Waals surface area contributed by atoms with E-state index in [9.17, 15) is 4.79 Å². The van der Waals surface area contributed by atoms with Crippen LogP contribution in [-0.4, -0.2) is 40.4 Å². The topological polar surface area (TPSA) is 66.0 Å². The summed E-state index contributed by atoms with van der Waals surface area (Å²) in [6, 6.07) is 17.4. The van der Waals surface area contributed by atoms with Gasteiger partial charge >= 0.3 is 0 Å². The molecule has 0 fully saturated rings. The van der Waals surface area contributed by atoms with Crippen LogP contribution in [0.3, 0.4) is 0 Å². The molecule has 0 saturated carbocycles. The van der Waals surface area contributed by atoms with Crippen molar-refractivity contribution in [2.75, 3.05) is 34.5 Å². The number of hydrogen-bond donors (Lipinski definition) is 1. The van der Waals surface area contributed by atoms with Gasteiger partial charge in [0.1, 0.15) is 12.4 Å². The van der Waals surface area contributed by atoms with E-state index in [4.69, 9.17) is 18.9 Å². The van der Waals surface area contributed by atoms with E-state index in [1.165, 1.54) is 13.2 Å². The summed E-state index contributed by atoms with van der Waals surface area (Å²) < 4.78 is 21.7. The molecule has 3 rings (SSSR count). The number of amides is 1. The van der Waals surface area contributed by atoms with Crippen LogP contribution in [0.1, 0.15) is 5.56 Å². The average Bonchev–Trinajstić information content (AvgIpc) is 2.84. The molecule has 6 heteroatoms. The number of carbonyl (C=O) groups excluding carboxylic acids is 1. The molecule has 1 N–H and O–H groups in total. The van der Waals surface area contributed by atoms with Gasteiger partial charge in [-0.25, -0.2) is 0 Å². The Labute approximate surface area is 187 Å². The van der Waals surface area contributed by atoms with E-state index in [-0.39, 0.29) is 19.1 Å². The fourth-order valence-corrected chi connectivity index (χ4v) is 3.11. The lowest BCUT2D eigenvalue weighted by Crippen LogP contribution is -2.21. The molecule has 32 heavy (non-hydrogen) atoms. The number of benzene rings is 3. The Hall–Kier alpha value is -4.11. The molecule has 0 bridgehead atoms. The Bertz CT molecular complexity index is 1140. The molecule has 0 aliphatic heterocycles. The van der Waals surface area contributed by atoms with E-state index in [0.29, 0.717) is 17.2 Å². The summed E-state index contributed by atoms with van der Waals surface area (Å²) in [4.78, 5) is 12.1. The fourth-order valence-electron chi connectivity index (χ4n) is 3.11. The van der Waals surface area contributed by atoms with Crippen molar-refractivity contribution >= 4 is 22.8 Å². The van der Waals surface area contributed by atoms with Gasteiger partial charge in [-0.2, -0.15) is 0 Å². The van der Waals surface area contributed by atoms with E-state index in [1.807, 2.05) is 42.5 Å². The summed E-state index contributed by atoms with van der Waals surface area (Å²) in [5.41, 5.74) is 0.740. The van der Waals surface area contributed by atoms with Crippen molar-refractivity contribution < 1.29 is 23.7 Å². The van der Waals surface area contributed by atoms with Crippen LogP contribution in [0.5, 0.6) is 23.0 Å². The predicted octanol–water partition coefficient (Wildman–Crippen LogP) is 4.08. The van der Waals surface area contributed by atoms with Gasteiger partial charge in [0.15, 0.2) is 11.5 Å². The third-order valence-corrected chi connectivity index (χ3v) is 4.64. The van der Waals surface area contributed by atoms with Gasteiger partial charge in [-0.05, 0) is 35.2 Å². The van der Waals surface area contributed by atoms with E-state index >= 15 is 0 Å². The van der Waals surface area contributed by atoms with Crippen LogP contribution >= 0.6 is 0 Å². The molecule has 0 aromatic heterocycles. The first-order valence-corrected chi connectivity index (χ1v) is 9.98. The van der Waals surface area contributed by atoms with E-state index in [0.717, 1.165) is 22.1 Å². The number of hydrogen-bond acceptors (Lipinski definition) is 5. The van der Waals surface area contributed by atoms with Crippen molar-refractivity contribution in [2.45, 2.75) is 0 Å². The van der Waals surface area contributed by atoms with Crippen LogP contribution < -0.4 is 24.3 Å². The van der Waals surface area contributed by atoms with Crippen LogP contribution in [0, 0.1) is 11.8 Å². The number of methoxy groups -OCH3 is 3. The molecule has 0 heterocycles. The maximum Gasteiger partial charge on any atom is 0.244 e. The van der Waals surface area contributed by atoms with Crippen molar-refractivity contribution in [3.8, 4) is 34.8 Å². The molecule has 0 unspecified atom stereocenters. The smallest absolute Gasteiger partial charge is 0.244 e. The summed E-state index contributed by atoms with van der Waals surface area (Å²) in [5, 5.41) is 4.88. The largest absolute Gasteiger partial charge is 0.493 e. The first-order valence-electron chi connectivity index (χ1n) is 9.98. The van der Waals surface area contributed by atoms with Gasteiger partial charge in [-0.3, -0.25) is 4.79 Å². The van der Waals surface area contributed by atoms with Gasteiger partial charge in [-0.15, -0.1) is 0 Å². The van der Waals surface area contributed by atoms with Gasteiger partial charge in [0.05, 0.1) is 27.9 Å². The Morgan fingerprint density at radius 2 is 1.62 bits per heavy atom. The highest BCUT2D eigenvalue weighted by Crippen LogP contribution is 2.38. The lowest BCUT2D eigenvalue weighted by molar-refractivity contribution is -0.116. The quantitative estimate of drug-likeness (QED) is 0.430. The van der Waals surface area contributed by atoms with E-state index in [1.54, 1.807) is 32.4 Å². The number of fused-ring (bicyclic) bond motifs is 1. The second-order valence-corrected chi connectivity index (χ2v) is 6.63. The SMILES string of the molecule is COc1cc(/C=C/C(=O)NCC#CCOc2cccc3ccccc23)cc(OC)c1OC. The molecular weight excluding hydrogens is 406 g/mol. The molecule has 3 aromatic carbocycles. The lowest BCUT2D eigenvalue weighted by Gasteiger charge is -2.12. The summed E-state index contributed by atoms with van der Waals surface area (Å²) in [7, 11) is 4.62. The van der Waals surface area contributed by atoms with Gasteiger partial charge in [0.25, 0.3) is 0 Å². The molecule has 1 amide bonds. The first kappa shape index (κ1) is 22.6. The third kappa shape index (κ3) is 5.73. The van der Waals surface area contributed by atoms with Crippen molar-refractivity contribution in [1.29, 1.82) is 0 Å². The predicted molar refractivity (Wildman–Crippen MR) is 125 cm³/mol. The normalized spacial score (nSPS) is 10.3. The number of carbonyl (C=O) groups is 1. The summed E-state index contributed by atoms with van der Waals surface area (Å²) in [6.07, 6.45) is 3.09. The zero-order chi connectivity index (χ0) is 22.8. The number of nitrogens with one attached hydrogen (secondary N) is 1. The zero-order valence-corrected chi connectivity index (χ0v) is 18.3. The molecule has 0 radical (unpaired) electrons. The van der Waals surface area contributed by atoms with Crippen LogP contribution in [0.2, 0.25) is 0 Å². The number of rotatable bonds is 8.